The lowest BCUT2D eigenvalue weighted by Gasteiger charge is -2.11. The Morgan fingerprint density at radius 2 is 1.97 bits per heavy atom. The van der Waals surface area contributed by atoms with Crippen LogP contribution in [-0.2, 0) is 19.9 Å². The van der Waals surface area contributed by atoms with Crippen LogP contribution >= 0.6 is 11.8 Å². The minimum atomic E-state index is -0.492. The second-order valence-electron chi connectivity index (χ2n) is 7.33. The number of rotatable bonds is 5. The third-order valence-electron chi connectivity index (χ3n) is 5.41. The summed E-state index contributed by atoms with van der Waals surface area (Å²) in [5.74, 6) is -0.392. The molecule has 4 aromatic rings. The summed E-state index contributed by atoms with van der Waals surface area (Å²) >= 11 is 1.13. The predicted molar refractivity (Wildman–Crippen MR) is 118 cm³/mol. The molecule has 3 aromatic carbocycles. The molecule has 0 unspecified atom stereocenters. The van der Waals surface area contributed by atoms with Crippen molar-refractivity contribution in [1.29, 1.82) is 0 Å². The fraction of sp³-hybridized carbons (Fsp3) is 0.136. The van der Waals surface area contributed by atoms with Gasteiger partial charge in [-0.25, -0.2) is 0 Å². The molecule has 1 N–H and O–H groups in total. The minimum Gasteiger partial charge on any atom is -0.321 e. The van der Waals surface area contributed by atoms with Gasteiger partial charge < -0.3 is 9.88 Å². The third-order valence-corrected chi connectivity index (χ3v) is 6.53. The molecule has 0 saturated carbocycles. The molecule has 8 nitrogen and oxygen atoms in total. The molecule has 0 radical (unpaired) electrons. The van der Waals surface area contributed by atoms with Crippen LogP contribution in [-0.4, -0.2) is 25.6 Å². The van der Waals surface area contributed by atoms with Gasteiger partial charge in [0.1, 0.15) is 6.33 Å². The van der Waals surface area contributed by atoms with Gasteiger partial charge in [0.05, 0.1) is 9.82 Å². The SMILES string of the molecule is Cn1cnnc1Sc1ccc(C(=O)Nc2ccc3c4c(cccc24)CC3)cc1[N+](=O)[O-]. The average Bonchev–Trinajstić information content (AvgIpc) is 3.37. The van der Waals surface area contributed by atoms with E-state index in [1.807, 2.05) is 24.3 Å². The maximum Gasteiger partial charge on any atom is 0.284 e. The fourth-order valence-corrected chi connectivity index (χ4v) is 4.75. The van der Waals surface area contributed by atoms with E-state index >= 15 is 0 Å². The number of hydrogen-bond acceptors (Lipinski definition) is 6. The minimum absolute atomic E-state index is 0.152. The van der Waals surface area contributed by atoms with Crippen LogP contribution in [0.5, 0.6) is 0 Å². The Bertz CT molecular complexity index is 1350. The highest BCUT2D eigenvalue weighted by molar-refractivity contribution is 7.99. The molecule has 5 rings (SSSR count). The number of nitrogens with zero attached hydrogens (tertiary/aromatic N) is 4. The number of hydrogen-bond donors (Lipinski definition) is 1. The molecule has 1 aliphatic carbocycles. The molecule has 1 aliphatic rings. The van der Waals surface area contributed by atoms with Crippen molar-refractivity contribution < 1.29 is 9.72 Å². The van der Waals surface area contributed by atoms with Crippen molar-refractivity contribution in [2.75, 3.05) is 5.32 Å². The number of benzene rings is 3. The largest absolute Gasteiger partial charge is 0.321 e. The summed E-state index contributed by atoms with van der Waals surface area (Å²) in [4.78, 5) is 24.5. The van der Waals surface area contributed by atoms with Crippen molar-refractivity contribution in [3.63, 3.8) is 0 Å². The third kappa shape index (κ3) is 3.42. The molecule has 9 heteroatoms. The number of nitro groups is 1. The highest BCUT2D eigenvalue weighted by Crippen LogP contribution is 2.36. The molecule has 154 valence electrons. The second kappa shape index (κ2) is 7.51. The predicted octanol–water partition coefficient (Wildman–Crippen LogP) is 4.38. The molecule has 31 heavy (non-hydrogen) atoms. The molecule has 0 aliphatic heterocycles. The maximum absolute atomic E-state index is 12.9. The Hall–Kier alpha value is -3.72. The van der Waals surface area contributed by atoms with Gasteiger partial charge in [0.25, 0.3) is 11.6 Å². The number of anilines is 1. The van der Waals surface area contributed by atoms with E-state index < -0.39 is 10.8 Å². The molecule has 0 fully saturated rings. The highest BCUT2D eigenvalue weighted by Gasteiger charge is 2.21. The number of aromatic nitrogens is 3. The summed E-state index contributed by atoms with van der Waals surface area (Å²) < 4.78 is 1.67. The van der Waals surface area contributed by atoms with Crippen LogP contribution in [0.3, 0.4) is 0 Å². The average molecular weight is 431 g/mol. The van der Waals surface area contributed by atoms with Crippen LogP contribution in [0.15, 0.2) is 64.9 Å². The zero-order valence-corrected chi connectivity index (χ0v) is 17.3. The topological polar surface area (TPSA) is 103 Å². The van der Waals surface area contributed by atoms with Gasteiger partial charge in [0, 0.05) is 29.8 Å². The van der Waals surface area contributed by atoms with E-state index in [9.17, 15) is 14.9 Å². The molecule has 1 heterocycles. The highest BCUT2D eigenvalue weighted by atomic mass is 32.2. The normalized spacial score (nSPS) is 12.3. The number of nitro benzene ring substituents is 1. The quantitative estimate of drug-likeness (QED) is 0.372. The number of aryl methyl sites for hydroxylation is 3. The summed E-state index contributed by atoms with van der Waals surface area (Å²) in [7, 11) is 1.76. The molecule has 0 bridgehead atoms. The Morgan fingerprint density at radius 1 is 1.16 bits per heavy atom. The lowest BCUT2D eigenvalue weighted by atomic mass is 10.0. The van der Waals surface area contributed by atoms with Crippen LogP contribution < -0.4 is 5.32 Å². The number of carbonyl (C=O) groups excluding carboxylic acids is 1. The van der Waals surface area contributed by atoms with Crippen molar-refractivity contribution in [1.82, 2.24) is 14.8 Å². The summed E-state index contributed by atoms with van der Waals surface area (Å²) in [5.41, 5.74) is 3.33. The summed E-state index contributed by atoms with van der Waals surface area (Å²) in [6.07, 6.45) is 3.52. The van der Waals surface area contributed by atoms with E-state index in [-0.39, 0.29) is 11.3 Å². The van der Waals surface area contributed by atoms with E-state index in [0.29, 0.717) is 15.7 Å². The lowest BCUT2D eigenvalue weighted by Crippen LogP contribution is -2.12. The van der Waals surface area contributed by atoms with Crippen LogP contribution in [0, 0.1) is 10.1 Å². The van der Waals surface area contributed by atoms with Crippen molar-refractivity contribution in [3.05, 3.63) is 81.7 Å². The Morgan fingerprint density at radius 3 is 2.71 bits per heavy atom. The van der Waals surface area contributed by atoms with Gasteiger partial charge in [0.15, 0.2) is 5.16 Å². The van der Waals surface area contributed by atoms with Crippen molar-refractivity contribution in [2.24, 2.45) is 7.05 Å². The summed E-state index contributed by atoms with van der Waals surface area (Å²) in [6, 6.07) is 14.5. The van der Waals surface area contributed by atoms with E-state index in [0.717, 1.165) is 30.0 Å². The first-order chi connectivity index (χ1) is 15.0. The van der Waals surface area contributed by atoms with Gasteiger partial charge in [-0.2, -0.15) is 0 Å². The Kier molecular flexibility index (Phi) is 4.67. The van der Waals surface area contributed by atoms with E-state index in [2.05, 4.69) is 21.6 Å². The Labute approximate surface area is 181 Å². The van der Waals surface area contributed by atoms with Crippen LogP contribution in [0.25, 0.3) is 10.8 Å². The van der Waals surface area contributed by atoms with Gasteiger partial charge in [-0.15, -0.1) is 10.2 Å². The second-order valence-corrected chi connectivity index (χ2v) is 8.34. The van der Waals surface area contributed by atoms with Gasteiger partial charge >= 0.3 is 0 Å². The molecule has 1 amide bonds. The maximum atomic E-state index is 12.9. The number of nitrogens with one attached hydrogen (secondary N) is 1. The standard InChI is InChI=1S/C22H17N5O3S/c1-26-12-23-25-22(26)31-19-10-8-15(11-18(19)27(29)30)21(28)24-17-9-7-14-6-5-13-3-2-4-16(17)20(13)14/h2-4,7-12H,5-6H2,1H3,(H,24,28). The first kappa shape index (κ1) is 19.3. The van der Waals surface area contributed by atoms with Crippen LogP contribution in [0.2, 0.25) is 0 Å². The monoisotopic (exact) mass is 431 g/mol. The zero-order chi connectivity index (χ0) is 21.5. The number of carbonyl (C=O) groups is 1. The van der Waals surface area contributed by atoms with Gasteiger partial charge in [-0.05, 0) is 59.3 Å². The molecular weight excluding hydrogens is 414 g/mol. The smallest absolute Gasteiger partial charge is 0.284 e. The van der Waals surface area contributed by atoms with Gasteiger partial charge in [-0.1, -0.05) is 24.3 Å². The molecule has 0 spiro atoms. The molecule has 1 aromatic heterocycles. The summed E-state index contributed by atoms with van der Waals surface area (Å²) in [6.45, 7) is 0. The first-order valence-corrected chi connectivity index (χ1v) is 10.5. The molecule has 0 atom stereocenters. The Balaban J connectivity index is 1.46. The summed E-state index contributed by atoms with van der Waals surface area (Å²) in [5, 5.41) is 25.0. The van der Waals surface area contributed by atoms with Crippen LogP contribution in [0.1, 0.15) is 21.5 Å². The zero-order valence-electron chi connectivity index (χ0n) is 16.5. The van der Waals surface area contributed by atoms with Crippen molar-refractivity contribution in [3.8, 4) is 0 Å². The van der Waals surface area contributed by atoms with Gasteiger partial charge in [0.2, 0.25) is 0 Å². The van der Waals surface area contributed by atoms with Crippen molar-refractivity contribution in [2.45, 2.75) is 22.9 Å². The van der Waals surface area contributed by atoms with Gasteiger partial charge in [-0.3, -0.25) is 14.9 Å². The van der Waals surface area contributed by atoms with E-state index in [1.165, 1.54) is 28.9 Å². The lowest BCUT2D eigenvalue weighted by molar-refractivity contribution is -0.387. The van der Waals surface area contributed by atoms with E-state index in [4.69, 9.17) is 0 Å². The van der Waals surface area contributed by atoms with Crippen LogP contribution in [0.4, 0.5) is 11.4 Å². The molecular formula is C22H17N5O3S. The first-order valence-electron chi connectivity index (χ1n) is 9.66. The van der Waals surface area contributed by atoms with Crippen molar-refractivity contribution >= 4 is 39.8 Å². The number of amides is 1. The molecule has 0 saturated heterocycles. The fourth-order valence-electron chi connectivity index (χ4n) is 3.90. The van der Waals surface area contributed by atoms with E-state index in [1.54, 1.807) is 23.7 Å².